The number of rotatable bonds is 0. The normalized spacial score (nSPS) is 9.70. The molecule has 0 N–H and O–H groups in total. The van der Waals surface area contributed by atoms with Crippen LogP contribution in [0.15, 0.2) is 93.9 Å². The molecule has 0 saturated heterocycles. The van der Waals surface area contributed by atoms with Crippen LogP contribution in [0.1, 0.15) is 0 Å². The monoisotopic (exact) mass is 596 g/mol. The molecule has 5 heteroatoms. The molecule has 0 heterocycles. The van der Waals surface area contributed by atoms with E-state index >= 15 is 0 Å². The Morgan fingerprint density at radius 1 is 0.630 bits per heavy atom. The van der Waals surface area contributed by atoms with Crippen LogP contribution in [-0.4, -0.2) is 0 Å². The van der Waals surface area contributed by atoms with Crippen molar-refractivity contribution < 1.29 is 51.0 Å². The molecule has 0 saturated carbocycles. The first-order valence-corrected chi connectivity index (χ1v) is 9.34. The zero-order chi connectivity index (χ0) is 16.5. The van der Waals surface area contributed by atoms with Crippen LogP contribution in [-0.2, 0) is 26.2 Å². The van der Waals surface area contributed by atoms with E-state index in [4.69, 9.17) is 0 Å². The van der Waals surface area contributed by atoms with E-state index in [1.165, 1.54) is 32.3 Å². The molecule has 0 spiro atoms. The summed E-state index contributed by atoms with van der Waals surface area (Å²) in [5, 5.41) is 7.88. The molecule has 0 fully saturated rings. The quantitative estimate of drug-likeness (QED) is 0.238. The Balaban J connectivity index is 0.000000266. The van der Waals surface area contributed by atoms with Gasteiger partial charge in [0.1, 0.15) is 0 Å². The SMILES string of the molecule is Brc1ccc2c(c1)[cH-]c1cc(Br)ccc12.[Cl-].[Cl-].[Zr+4].c1ccc2[cH-]ccc2c1. The minimum atomic E-state index is 0. The first-order chi connectivity index (χ1) is 11.7. The van der Waals surface area contributed by atoms with Crippen molar-refractivity contribution in [1.29, 1.82) is 0 Å². The van der Waals surface area contributed by atoms with Crippen LogP contribution in [0, 0.1) is 0 Å². The fourth-order valence-corrected chi connectivity index (χ4v) is 3.79. The molecule has 0 aliphatic rings. The van der Waals surface area contributed by atoms with Crippen LogP contribution in [0.5, 0.6) is 0 Å². The van der Waals surface area contributed by atoms with Gasteiger partial charge in [0.25, 0.3) is 0 Å². The van der Waals surface area contributed by atoms with Crippen LogP contribution < -0.4 is 24.8 Å². The van der Waals surface area contributed by atoms with E-state index in [1.54, 1.807) is 0 Å². The van der Waals surface area contributed by atoms with Gasteiger partial charge in [-0.15, -0.1) is 69.4 Å². The standard InChI is InChI=1S/C13H7Br2.C9H7.2ClH.Zr/c14-10-1-3-12-8(6-10)5-9-7-11(15)2-4-13(9)12;1-2-5-9-7-3-6-8(9)4-1;;;/h1-7H;1-7H;2*1H;/q2*-1;;;+4/p-2. The summed E-state index contributed by atoms with van der Waals surface area (Å²) in [6.45, 7) is 0. The molecule has 0 aliphatic carbocycles. The van der Waals surface area contributed by atoms with Crippen molar-refractivity contribution in [1.82, 2.24) is 0 Å². The van der Waals surface area contributed by atoms with E-state index in [1.807, 2.05) is 0 Å². The topological polar surface area (TPSA) is 0 Å². The van der Waals surface area contributed by atoms with Crippen molar-refractivity contribution in [3.8, 4) is 0 Å². The second kappa shape index (κ2) is 10.9. The molecule has 0 radical (unpaired) electrons. The average Bonchev–Trinajstić information content (AvgIpc) is 3.18. The summed E-state index contributed by atoms with van der Waals surface area (Å²) < 4.78 is 2.26. The van der Waals surface area contributed by atoms with Crippen LogP contribution >= 0.6 is 31.9 Å². The van der Waals surface area contributed by atoms with Gasteiger partial charge in [-0.05, 0) is 8.95 Å². The minimum Gasteiger partial charge on any atom is -1.00 e. The van der Waals surface area contributed by atoms with Crippen molar-refractivity contribution in [3.63, 3.8) is 0 Å². The molecule has 5 rings (SSSR count). The van der Waals surface area contributed by atoms with E-state index in [0.717, 1.165) is 8.95 Å². The number of hydrogen-bond acceptors (Lipinski definition) is 0. The zero-order valence-corrected chi connectivity index (χ0v) is 21.2. The molecule has 134 valence electrons. The molecule has 5 aromatic rings. The molecule has 5 aromatic carbocycles. The Kier molecular flexibility index (Phi) is 9.96. The summed E-state index contributed by atoms with van der Waals surface area (Å²) in [7, 11) is 0. The van der Waals surface area contributed by atoms with Gasteiger partial charge in [-0.2, -0.15) is 17.5 Å². The molecule has 0 bridgehead atoms. The minimum absolute atomic E-state index is 0. The van der Waals surface area contributed by atoms with Gasteiger partial charge in [0, 0.05) is 0 Å². The Labute approximate surface area is 207 Å². The van der Waals surface area contributed by atoms with Gasteiger partial charge in [-0.25, -0.2) is 0 Å². The largest absolute Gasteiger partial charge is 4.00 e. The number of hydrogen-bond donors (Lipinski definition) is 0. The maximum Gasteiger partial charge on any atom is 4.00 e. The van der Waals surface area contributed by atoms with Crippen LogP contribution in [0.4, 0.5) is 0 Å². The van der Waals surface area contributed by atoms with E-state index in [2.05, 4.69) is 117 Å². The molecule has 0 aliphatic heterocycles. The summed E-state index contributed by atoms with van der Waals surface area (Å²) in [5.41, 5.74) is 0. The zero-order valence-electron chi connectivity index (χ0n) is 14.1. The molecule has 0 aromatic heterocycles. The fraction of sp³-hybridized carbons (Fsp3) is 0. The van der Waals surface area contributed by atoms with Crippen LogP contribution in [0.25, 0.3) is 32.3 Å². The Bertz CT molecular complexity index is 1060. The van der Waals surface area contributed by atoms with E-state index in [0.29, 0.717) is 0 Å². The predicted octanol–water partition coefficient (Wildman–Crippen LogP) is 1.80. The van der Waals surface area contributed by atoms with Crippen molar-refractivity contribution in [2.45, 2.75) is 0 Å². The second-order valence-electron chi connectivity index (χ2n) is 5.76. The maximum absolute atomic E-state index is 3.49. The first kappa shape index (κ1) is 24.6. The van der Waals surface area contributed by atoms with Gasteiger partial charge in [0.2, 0.25) is 0 Å². The fourth-order valence-electron chi connectivity index (χ4n) is 3.03. The molecular weight excluding hydrogens is 586 g/mol. The second-order valence-corrected chi connectivity index (χ2v) is 7.59. The van der Waals surface area contributed by atoms with Crippen LogP contribution in [0.2, 0.25) is 0 Å². The van der Waals surface area contributed by atoms with E-state index in [9.17, 15) is 0 Å². The average molecular weight is 600 g/mol. The third kappa shape index (κ3) is 5.55. The van der Waals surface area contributed by atoms with Gasteiger partial charge >= 0.3 is 26.2 Å². The van der Waals surface area contributed by atoms with E-state index < -0.39 is 0 Å². The molecule has 0 amide bonds. The molecule has 0 nitrogen and oxygen atoms in total. The summed E-state index contributed by atoms with van der Waals surface area (Å²) in [6.07, 6.45) is 0. The summed E-state index contributed by atoms with van der Waals surface area (Å²) in [5.74, 6) is 0. The van der Waals surface area contributed by atoms with Gasteiger partial charge in [0.15, 0.2) is 0 Å². The summed E-state index contributed by atoms with van der Waals surface area (Å²) >= 11 is 6.99. The third-order valence-corrected chi connectivity index (χ3v) is 5.16. The van der Waals surface area contributed by atoms with Crippen molar-refractivity contribution in [3.05, 3.63) is 93.9 Å². The first-order valence-electron chi connectivity index (χ1n) is 7.75. The Hall–Kier alpha value is -0.437. The Morgan fingerprint density at radius 3 is 1.74 bits per heavy atom. The van der Waals surface area contributed by atoms with Crippen LogP contribution in [0.3, 0.4) is 0 Å². The Morgan fingerprint density at radius 2 is 1.19 bits per heavy atom. The van der Waals surface area contributed by atoms with Gasteiger partial charge in [-0.1, -0.05) is 62.2 Å². The number of fused-ring (bicyclic) bond motifs is 4. The molecular formula is C22H14Br2Cl2Zr. The maximum atomic E-state index is 3.49. The van der Waals surface area contributed by atoms with Gasteiger partial charge < -0.3 is 24.8 Å². The number of benzene rings is 3. The summed E-state index contributed by atoms with van der Waals surface area (Å²) in [6, 6.07) is 29.7. The number of halogens is 4. The summed E-state index contributed by atoms with van der Waals surface area (Å²) in [4.78, 5) is 0. The third-order valence-electron chi connectivity index (χ3n) is 4.18. The van der Waals surface area contributed by atoms with Crippen molar-refractivity contribution in [2.75, 3.05) is 0 Å². The predicted molar refractivity (Wildman–Crippen MR) is 112 cm³/mol. The smallest absolute Gasteiger partial charge is 1.00 e. The van der Waals surface area contributed by atoms with Crippen molar-refractivity contribution >= 4 is 64.2 Å². The van der Waals surface area contributed by atoms with Gasteiger partial charge in [0.05, 0.1) is 0 Å². The van der Waals surface area contributed by atoms with Crippen molar-refractivity contribution in [2.24, 2.45) is 0 Å². The molecule has 0 atom stereocenters. The van der Waals surface area contributed by atoms with Gasteiger partial charge in [-0.3, -0.25) is 0 Å². The molecule has 27 heavy (non-hydrogen) atoms. The van der Waals surface area contributed by atoms with E-state index in [-0.39, 0.29) is 51.0 Å². The molecule has 0 unspecified atom stereocenters.